The van der Waals surface area contributed by atoms with Gasteiger partial charge in [-0.15, -0.1) is 10.2 Å². The molecule has 9 heteroatoms. The molecule has 0 amide bonds. The number of ether oxygens (including phenoxy) is 1. The number of esters is 1. The minimum absolute atomic E-state index is 0.0697. The molecule has 0 saturated heterocycles. The van der Waals surface area contributed by atoms with E-state index in [1.54, 1.807) is 13.0 Å². The van der Waals surface area contributed by atoms with Crippen molar-refractivity contribution in [3.8, 4) is 34.0 Å². The van der Waals surface area contributed by atoms with Gasteiger partial charge in [-0.2, -0.15) is 0 Å². The maximum Gasteiger partial charge on any atom is 0.344 e. The summed E-state index contributed by atoms with van der Waals surface area (Å²) in [7, 11) is 0. The highest BCUT2D eigenvalue weighted by Crippen LogP contribution is 2.33. The van der Waals surface area contributed by atoms with Crippen molar-refractivity contribution in [1.82, 2.24) is 20.3 Å². The number of hydrogen-bond acceptors (Lipinski definition) is 8. The van der Waals surface area contributed by atoms with E-state index in [0.29, 0.717) is 22.7 Å². The topological polar surface area (TPSA) is 124 Å². The van der Waals surface area contributed by atoms with Crippen molar-refractivity contribution in [2.75, 3.05) is 0 Å². The third-order valence-corrected chi connectivity index (χ3v) is 5.13. The first kappa shape index (κ1) is 21.1. The van der Waals surface area contributed by atoms with Gasteiger partial charge in [0.15, 0.2) is 6.61 Å². The standard InChI is InChI=1S/C25H18N4O5/c1-15-21(22(29-34-15)17-10-6-3-7-11-17)24-28-27-20(33-24)14-32-25(31)18-12-13-19(26-23(18)30)16-8-4-2-5-9-16/h2-13H,14H2,1H3,(H,26,30). The monoisotopic (exact) mass is 454 g/mol. The van der Waals surface area contributed by atoms with Crippen molar-refractivity contribution < 1.29 is 18.5 Å². The van der Waals surface area contributed by atoms with Gasteiger partial charge in [0.25, 0.3) is 17.3 Å². The number of nitrogens with one attached hydrogen (secondary N) is 1. The summed E-state index contributed by atoms with van der Waals surface area (Å²) >= 11 is 0. The van der Waals surface area contributed by atoms with E-state index in [2.05, 4.69) is 20.3 Å². The first-order valence-electron chi connectivity index (χ1n) is 10.4. The van der Waals surface area contributed by atoms with Gasteiger partial charge in [0, 0.05) is 11.3 Å². The van der Waals surface area contributed by atoms with Crippen LogP contribution >= 0.6 is 0 Å². The Labute approximate surface area is 193 Å². The lowest BCUT2D eigenvalue weighted by molar-refractivity contribution is 0.0436. The van der Waals surface area contributed by atoms with Gasteiger partial charge in [0.1, 0.15) is 22.6 Å². The molecule has 0 aliphatic carbocycles. The molecule has 0 fully saturated rings. The minimum Gasteiger partial charge on any atom is -0.452 e. The molecule has 1 N–H and O–H groups in total. The number of aromatic amines is 1. The molecule has 34 heavy (non-hydrogen) atoms. The van der Waals surface area contributed by atoms with Crippen LogP contribution in [0.25, 0.3) is 34.0 Å². The molecule has 168 valence electrons. The molecule has 5 aromatic rings. The summed E-state index contributed by atoms with van der Waals surface area (Å²) in [5, 5.41) is 12.1. The molecule has 9 nitrogen and oxygen atoms in total. The van der Waals surface area contributed by atoms with Gasteiger partial charge in [-0.1, -0.05) is 65.8 Å². The first-order valence-corrected chi connectivity index (χ1v) is 10.4. The molecular formula is C25H18N4O5. The van der Waals surface area contributed by atoms with Gasteiger partial charge in [0.2, 0.25) is 0 Å². The molecule has 0 unspecified atom stereocenters. The van der Waals surface area contributed by atoms with Crippen LogP contribution in [0, 0.1) is 6.92 Å². The molecule has 0 bridgehead atoms. The van der Waals surface area contributed by atoms with Gasteiger partial charge in [-0.05, 0) is 24.6 Å². The van der Waals surface area contributed by atoms with E-state index in [-0.39, 0.29) is 24.0 Å². The van der Waals surface area contributed by atoms with Crippen LogP contribution in [0.1, 0.15) is 22.0 Å². The number of rotatable bonds is 6. The Hall–Kier alpha value is -4.79. The van der Waals surface area contributed by atoms with Crippen LogP contribution in [0.5, 0.6) is 0 Å². The fraction of sp³-hybridized carbons (Fsp3) is 0.0800. The number of pyridine rings is 1. The third kappa shape index (κ3) is 4.14. The number of carbonyl (C=O) groups excluding carboxylic acids is 1. The van der Waals surface area contributed by atoms with Crippen molar-refractivity contribution in [2.24, 2.45) is 0 Å². The van der Waals surface area contributed by atoms with Crippen LogP contribution in [0.3, 0.4) is 0 Å². The van der Waals surface area contributed by atoms with Gasteiger partial charge in [-0.25, -0.2) is 4.79 Å². The van der Waals surface area contributed by atoms with Crippen molar-refractivity contribution in [3.63, 3.8) is 0 Å². The average molecular weight is 454 g/mol. The number of hydrogen-bond donors (Lipinski definition) is 1. The second-order valence-corrected chi connectivity index (χ2v) is 7.39. The van der Waals surface area contributed by atoms with Crippen LogP contribution < -0.4 is 5.56 Å². The summed E-state index contributed by atoms with van der Waals surface area (Å²) in [4.78, 5) is 27.6. The quantitative estimate of drug-likeness (QED) is 0.374. The van der Waals surface area contributed by atoms with Gasteiger partial charge >= 0.3 is 5.97 Å². The normalized spacial score (nSPS) is 10.9. The van der Waals surface area contributed by atoms with E-state index >= 15 is 0 Å². The average Bonchev–Trinajstić information content (AvgIpc) is 3.49. The van der Waals surface area contributed by atoms with Gasteiger partial charge in [-0.3, -0.25) is 4.79 Å². The van der Waals surface area contributed by atoms with E-state index in [4.69, 9.17) is 13.7 Å². The van der Waals surface area contributed by atoms with Crippen LogP contribution in [0.4, 0.5) is 0 Å². The van der Waals surface area contributed by atoms with Gasteiger partial charge < -0.3 is 18.7 Å². The van der Waals surface area contributed by atoms with Crippen LogP contribution in [-0.4, -0.2) is 26.3 Å². The summed E-state index contributed by atoms with van der Waals surface area (Å²) in [5.74, 6) is -0.0307. The zero-order chi connectivity index (χ0) is 23.5. The van der Waals surface area contributed by atoms with E-state index < -0.39 is 11.5 Å². The predicted octanol–water partition coefficient (Wildman–Crippen LogP) is 4.41. The number of aromatic nitrogens is 4. The molecule has 0 atom stereocenters. The summed E-state index contributed by atoms with van der Waals surface area (Å²) in [6.07, 6.45) is 0. The Kier molecular flexibility index (Phi) is 5.57. The zero-order valence-corrected chi connectivity index (χ0v) is 18.0. The summed E-state index contributed by atoms with van der Waals surface area (Å²) in [6.45, 7) is 1.45. The summed E-state index contributed by atoms with van der Waals surface area (Å²) < 4.78 is 16.2. The molecule has 0 saturated carbocycles. The fourth-order valence-corrected chi connectivity index (χ4v) is 3.46. The largest absolute Gasteiger partial charge is 0.452 e. The molecule has 3 heterocycles. The molecular weight excluding hydrogens is 436 g/mol. The maximum atomic E-state index is 12.5. The Bertz CT molecular complexity index is 1500. The number of benzene rings is 2. The summed E-state index contributed by atoms with van der Waals surface area (Å²) in [5.41, 5.74) is 2.71. The SMILES string of the molecule is Cc1onc(-c2ccccc2)c1-c1nnc(COC(=O)c2ccc(-c3ccccc3)[nH]c2=O)o1. The summed E-state index contributed by atoms with van der Waals surface area (Å²) in [6, 6.07) is 21.8. The highest BCUT2D eigenvalue weighted by Gasteiger charge is 2.22. The van der Waals surface area contributed by atoms with Gasteiger partial charge in [0.05, 0.1) is 0 Å². The van der Waals surface area contributed by atoms with Crippen LogP contribution in [0.15, 0.2) is 86.5 Å². The molecule has 3 aromatic heterocycles. The Balaban J connectivity index is 1.31. The highest BCUT2D eigenvalue weighted by molar-refractivity contribution is 5.89. The fourth-order valence-electron chi connectivity index (χ4n) is 3.46. The molecule has 0 aliphatic heterocycles. The Morgan fingerprint density at radius 2 is 1.65 bits per heavy atom. The van der Waals surface area contributed by atoms with Crippen molar-refractivity contribution >= 4 is 5.97 Å². The third-order valence-electron chi connectivity index (χ3n) is 5.13. The lowest BCUT2D eigenvalue weighted by atomic mass is 10.1. The van der Waals surface area contributed by atoms with E-state index in [0.717, 1.165) is 11.1 Å². The second kappa shape index (κ2) is 8.99. The van der Waals surface area contributed by atoms with Crippen molar-refractivity contribution in [3.05, 3.63) is 100 Å². The number of carbonyl (C=O) groups is 1. The minimum atomic E-state index is -0.799. The first-order chi connectivity index (χ1) is 16.6. The molecule has 0 aliphatic rings. The van der Waals surface area contributed by atoms with E-state index in [1.807, 2.05) is 60.7 Å². The maximum absolute atomic E-state index is 12.5. The van der Waals surface area contributed by atoms with E-state index in [9.17, 15) is 9.59 Å². The second-order valence-electron chi connectivity index (χ2n) is 7.39. The number of aryl methyl sites for hydroxylation is 1. The van der Waals surface area contributed by atoms with E-state index in [1.165, 1.54) is 6.07 Å². The number of nitrogens with zero attached hydrogens (tertiary/aromatic N) is 3. The lowest BCUT2D eigenvalue weighted by Gasteiger charge is -2.04. The molecule has 5 rings (SSSR count). The Morgan fingerprint density at radius 1 is 0.941 bits per heavy atom. The zero-order valence-electron chi connectivity index (χ0n) is 18.0. The van der Waals surface area contributed by atoms with Crippen molar-refractivity contribution in [2.45, 2.75) is 13.5 Å². The van der Waals surface area contributed by atoms with Crippen LogP contribution in [-0.2, 0) is 11.3 Å². The van der Waals surface area contributed by atoms with Crippen LogP contribution in [0.2, 0.25) is 0 Å². The smallest absolute Gasteiger partial charge is 0.344 e. The van der Waals surface area contributed by atoms with Crippen molar-refractivity contribution in [1.29, 1.82) is 0 Å². The predicted molar refractivity (Wildman–Crippen MR) is 122 cm³/mol. The molecule has 2 aromatic carbocycles. The molecule has 0 spiro atoms. The Morgan fingerprint density at radius 3 is 2.35 bits per heavy atom. The number of H-pyrrole nitrogens is 1. The lowest BCUT2D eigenvalue weighted by Crippen LogP contribution is -2.19. The molecule has 0 radical (unpaired) electrons. The highest BCUT2D eigenvalue weighted by atomic mass is 16.5.